The van der Waals surface area contributed by atoms with E-state index < -0.39 is 20.0 Å². The first kappa shape index (κ1) is 28.1. The van der Waals surface area contributed by atoms with Gasteiger partial charge in [-0.3, -0.25) is 0 Å². The van der Waals surface area contributed by atoms with Gasteiger partial charge in [0.15, 0.2) is 0 Å². The van der Waals surface area contributed by atoms with Crippen LogP contribution in [-0.2, 0) is 20.0 Å². The Morgan fingerprint density at radius 1 is 0.378 bits per heavy atom. The van der Waals surface area contributed by atoms with E-state index in [4.69, 9.17) is 0 Å². The van der Waals surface area contributed by atoms with E-state index in [2.05, 4.69) is 26.9 Å². The monoisotopic (exact) mass is 631 g/mol. The van der Waals surface area contributed by atoms with Gasteiger partial charge in [-0.1, -0.05) is 97.1 Å². The van der Waals surface area contributed by atoms with Crippen molar-refractivity contribution in [2.75, 3.05) is 26.2 Å². The molecule has 0 heterocycles. The predicted octanol–water partition coefficient (Wildman–Crippen LogP) is 6.33. The molecule has 9 heteroatoms. The van der Waals surface area contributed by atoms with Crippen LogP contribution >= 0.6 is 0 Å². The third-order valence-corrected chi connectivity index (χ3v) is 11.8. The van der Waals surface area contributed by atoms with Gasteiger partial charge in [-0.05, 0) is 66.0 Å². The van der Waals surface area contributed by atoms with Crippen molar-refractivity contribution < 1.29 is 16.8 Å². The molecule has 0 atom stereocenters. The van der Waals surface area contributed by atoms with Crippen molar-refractivity contribution in [3.63, 3.8) is 0 Å². The number of hydrogen-bond donors (Lipinski definition) is 3. The summed E-state index contributed by atoms with van der Waals surface area (Å²) in [4.78, 5) is 0.489. The van der Waals surface area contributed by atoms with Gasteiger partial charge >= 0.3 is 0 Å². The number of hydrogen-bond acceptors (Lipinski definition) is 5. The predicted molar refractivity (Wildman–Crippen MR) is 184 cm³/mol. The molecule has 0 saturated heterocycles. The molecule has 0 fully saturated rings. The molecule has 8 aromatic rings. The maximum absolute atomic E-state index is 13.4. The lowest BCUT2D eigenvalue weighted by molar-refractivity contribution is 0.571. The Morgan fingerprint density at radius 3 is 1.11 bits per heavy atom. The SMILES string of the molecule is O=S(=O)(NCCNCCNS(=O)(=O)c1ccc2ccc3cccc4ccc1c2c34)c1ccc2ccc3cccc4ccc1c2c34. The number of nitrogens with one attached hydrogen (secondary N) is 3. The molecule has 0 aliphatic rings. The van der Waals surface area contributed by atoms with Gasteiger partial charge in [0.1, 0.15) is 0 Å². The molecule has 45 heavy (non-hydrogen) atoms. The van der Waals surface area contributed by atoms with Crippen molar-refractivity contribution in [1.82, 2.24) is 14.8 Å². The zero-order valence-electron chi connectivity index (χ0n) is 24.2. The fourth-order valence-electron chi connectivity index (χ4n) is 6.71. The summed E-state index contributed by atoms with van der Waals surface area (Å²) in [5.74, 6) is 0. The molecule has 0 bridgehead atoms. The minimum atomic E-state index is -3.78. The number of rotatable bonds is 10. The Kier molecular flexibility index (Phi) is 6.63. The van der Waals surface area contributed by atoms with Crippen LogP contribution in [0.15, 0.2) is 119 Å². The second-order valence-corrected chi connectivity index (χ2v) is 14.9. The number of sulfonamides is 2. The molecule has 0 aliphatic heterocycles. The Bertz CT molecular complexity index is 2400. The lowest BCUT2D eigenvalue weighted by Gasteiger charge is -2.15. The average Bonchev–Trinajstić information content (AvgIpc) is 3.05. The van der Waals surface area contributed by atoms with Crippen LogP contribution in [0.25, 0.3) is 64.6 Å². The third kappa shape index (κ3) is 4.67. The van der Waals surface area contributed by atoms with E-state index >= 15 is 0 Å². The second-order valence-electron chi connectivity index (χ2n) is 11.4. The summed E-state index contributed by atoms with van der Waals surface area (Å²) in [6.45, 7) is 0.995. The zero-order valence-corrected chi connectivity index (χ0v) is 25.8. The summed E-state index contributed by atoms with van der Waals surface area (Å²) in [5.41, 5.74) is 0. The molecule has 224 valence electrons. The van der Waals surface area contributed by atoms with Gasteiger partial charge in [-0.25, -0.2) is 26.3 Å². The molecule has 0 aromatic heterocycles. The van der Waals surface area contributed by atoms with E-state index in [0.29, 0.717) is 23.9 Å². The highest BCUT2D eigenvalue weighted by Gasteiger charge is 2.21. The summed E-state index contributed by atoms with van der Waals surface area (Å²) in [6.07, 6.45) is 0. The Morgan fingerprint density at radius 2 is 0.711 bits per heavy atom. The molecule has 3 N–H and O–H groups in total. The molecule has 0 aliphatic carbocycles. The van der Waals surface area contributed by atoms with E-state index in [1.54, 1.807) is 12.1 Å². The topological polar surface area (TPSA) is 104 Å². The van der Waals surface area contributed by atoms with Crippen LogP contribution < -0.4 is 14.8 Å². The highest BCUT2D eigenvalue weighted by atomic mass is 32.2. The lowest BCUT2D eigenvalue weighted by atomic mass is 9.94. The summed E-state index contributed by atoms with van der Waals surface area (Å²) in [6, 6.07) is 35.1. The standard InChI is InChI=1S/C36H29N3O4S2/c40-44(41,31-17-13-27-9-7-23-3-1-5-25-11-15-29(31)35(27)33(23)25)38-21-19-37-20-22-39-45(42,43)32-18-14-28-10-8-24-4-2-6-26-12-16-30(32)36(28)34(24)26/h1-18,37-39H,19-22H2. The van der Waals surface area contributed by atoms with Gasteiger partial charge in [0.25, 0.3) is 0 Å². The molecule has 8 rings (SSSR count). The maximum atomic E-state index is 13.4. The molecular formula is C36H29N3O4S2. The summed E-state index contributed by atoms with van der Waals surface area (Å²) < 4.78 is 58.8. The van der Waals surface area contributed by atoms with Crippen LogP contribution in [-0.4, -0.2) is 43.0 Å². The van der Waals surface area contributed by atoms with Gasteiger partial charge in [0.2, 0.25) is 20.0 Å². The number of benzene rings is 8. The van der Waals surface area contributed by atoms with Crippen LogP contribution in [0, 0.1) is 0 Å². The summed E-state index contributed by atoms with van der Waals surface area (Å²) >= 11 is 0. The van der Waals surface area contributed by atoms with Crippen molar-refractivity contribution in [2.24, 2.45) is 0 Å². The smallest absolute Gasteiger partial charge is 0.241 e. The molecule has 0 amide bonds. The van der Waals surface area contributed by atoms with Crippen LogP contribution in [0.2, 0.25) is 0 Å². The fraction of sp³-hybridized carbons (Fsp3) is 0.111. The van der Waals surface area contributed by atoms with Crippen molar-refractivity contribution in [2.45, 2.75) is 9.79 Å². The molecule has 0 radical (unpaired) electrons. The minimum absolute atomic E-state index is 0.159. The van der Waals surface area contributed by atoms with Crippen molar-refractivity contribution in [3.05, 3.63) is 109 Å². The van der Waals surface area contributed by atoms with Gasteiger partial charge in [0, 0.05) is 37.0 Å². The van der Waals surface area contributed by atoms with E-state index in [0.717, 1.165) is 53.9 Å². The summed E-state index contributed by atoms with van der Waals surface area (Å²) in [5, 5.41) is 14.9. The first-order valence-corrected chi connectivity index (χ1v) is 17.8. The van der Waals surface area contributed by atoms with Crippen LogP contribution in [0.3, 0.4) is 0 Å². The quantitative estimate of drug-likeness (QED) is 0.121. The fourth-order valence-corrected chi connectivity index (χ4v) is 9.18. The van der Waals surface area contributed by atoms with Gasteiger partial charge < -0.3 is 5.32 Å². The van der Waals surface area contributed by atoms with E-state index in [9.17, 15) is 16.8 Å². The first-order valence-electron chi connectivity index (χ1n) is 14.8. The molecule has 0 saturated carbocycles. The normalized spacial score (nSPS) is 13.0. The van der Waals surface area contributed by atoms with Crippen LogP contribution in [0.5, 0.6) is 0 Å². The molecule has 8 aromatic carbocycles. The van der Waals surface area contributed by atoms with E-state index in [-0.39, 0.29) is 22.9 Å². The van der Waals surface area contributed by atoms with Crippen molar-refractivity contribution in [3.8, 4) is 0 Å². The average molecular weight is 632 g/mol. The lowest BCUT2D eigenvalue weighted by Crippen LogP contribution is -2.36. The molecule has 0 unspecified atom stereocenters. The molecular weight excluding hydrogens is 603 g/mol. The van der Waals surface area contributed by atoms with Gasteiger partial charge in [-0.2, -0.15) is 0 Å². The Labute approximate surface area is 260 Å². The largest absolute Gasteiger partial charge is 0.314 e. The Hall–Kier alpha value is -4.38. The zero-order chi connectivity index (χ0) is 30.8. The molecule has 0 spiro atoms. The molecule has 7 nitrogen and oxygen atoms in total. The van der Waals surface area contributed by atoms with Gasteiger partial charge in [-0.15, -0.1) is 0 Å². The van der Waals surface area contributed by atoms with Gasteiger partial charge in [0.05, 0.1) is 9.79 Å². The highest BCUT2D eigenvalue weighted by molar-refractivity contribution is 7.90. The first-order chi connectivity index (χ1) is 21.8. The highest BCUT2D eigenvalue weighted by Crippen LogP contribution is 2.38. The van der Waals surface area contributed by atoms with Crippen LogP contribution in [0.4, 0.5) is 0 Å². The maximum Gasteiger partial charge on any atom is 0.241 e. The van der Waals surface area contributed by atoms with E-state index in [1.807, 2.05) is 84.9 Å². The summed E-state index contributed by atoms with van der Waals surface area (Å²) in [7, 11) is -7.56. The Balaban J connectivity index is 0.924. The van der Waals surface area contributed by atoms with Crippen LogP contribution in [0.1, 0.15) is 0 Å². The third-order valence-electron chi connectivity index (χ3n) is 8.74. The van der Waals surface area contributed by atoms with E-state index in [1.165, 1.54) is 0 Å². The van der Waals surface area contributed by atoms with Crippen molar-refractivity contribution >= 4 is 84.7 Å². The second kappa shape index (κ2) is 10.6. The van der Waals surface area contributed by atoms with Crippen molar-refractivity contribution in [1.29, 1.82) is 0 Å². The minimum Gasteiger partial charge on any atom is -0.314 e.